The van der Waals surface area contributed by atoms with E-state index in [9.17, 15) is 14.7 Å². The van der Waals surface area contributed by atoms with Crippen LogP contribution < -0.4 is 15.8 Å². The Morgan fingerprint density at radius 1 is 1.32 bits per heavy atom. The minimum Gasteiger partial charge on any atom is -0.497 e. The van der Waals surface area contributed by atoms with Gasteiger partial charge in [0.2, 0.25) is 5.91 Å². The molecule has 0 saturated heterocycles. The lowest BCUT2D eigenvalue weighted by molar-refractivity contribution is -0.142. The SMILES string of the molecule is COc1ccc(N=C(N)SSC(C)(C)[C@H](NC(C)=O)C(=O)O)cc1.Cl. The van der Waals surface area contributed by atoms with Crippen LogP contribution in [0.5, 0.6) is 5.75 Å². The highest BCUT2D eigenvalue weighted by atomic mass is 35.5. The van der Waals surface area contributed by atoms with Crippen molar-refractivity contribution in [2.75, 3.05) is 7.11 Å². The van der Waals surface area contributed by atoms with Crippen LogP contribution in [0.1, 0.15) is 20.8 Å². The van der Waals surface area contributed by atoms with Crippen LogP contribution in [0.3, 0.4) is 0 Å². The molecule has 0 spiro atoms. The lowest BCUT2D eigenvalue weighted by atomic mass is 10.0. The van der Waals surface area contributed by atoms with Crippen LogP contribution in [-0.2, 0) is 9.59 Å². The molecule has 1 aromatic carbocycles. The fourth-order valence-electron chi connectivity index (χ4n) is 1.74. The molecule has 1 aromatic rings. The number of carboxylic acid groups (broad SMARTS) is 1. The molecule has 0 heterocycles. The number of carbonyl (C=O) groups is 2. The van der Waals surface area contributed by atoms with E-state index in [0.717, 1.165) is 16.5 Å². The lowest BCUT2D eigenvalue weighted by Gasteiger charge is -2.30. The monoisotopic (exact) mass is 407 g/mol. The maximum atomic E-state index is 11.4. The van der Waals surface area contributed by atoms with Crippen molar-refractivity contribution in [1.29, 1.82) is 0 Å². The molecule has 0 aliphatic carbocycles. The number of hydrogen-bond acceptors (Lipinski definition) is 6. The number of nitrogens with two attached hydrogens (primary N) is 1. The second kappa shape index (κ2) is 10.4. The number of carboxylic acids is 1. The number of ether oxygens (including phenoxy) is 1. The molecule has 0 unspecified atom stereocenters. The second-order valence-electron chi connectivity index (χ2n) is 5.39. The predicted molar refractivity (Wildman–Crippen MR) is 106 cm³/mol. The van der Waals surface area contributed by atoms with E-state index in [4.69, 9.17) is 10.5 Å². The summed E-state index contributed by atoms with van der Waals surface area (Å²) in [6.45, 7) is 4.73. The zero-order valence-corrected chi connectivity index (χ0v) is 16.8. The Balaban J connectivity index is 0.00000576. The van der Waals surface area contributed by atoms with E-state index in [1.807, 2.05) is 0 Å². The largest absolute Gasteiger partial charge is 0.497 e. The van der Waals surface area contributed by atoms with Crippen LogP contribution in [0, 0.1) is 0 Å². The average molecular weight is 408 g/mol. The number of halogens is 1. The third kappa shape index (κ3) is 7.89. The number of methoxy groups -OCH3 is 1. The summed E-state index contributed by atoms with van der Waals surface area (Å²) in [6.07, 6.45) is 0. The van der Waals surface area contributed by atoms with Gasteiger partial charge in [-0.05, 0) is 48.9 Å². The zero-order valence-electron chi connectivity index (χ0n) is 14.3. The van der Waals surface area contributed by atoms with Gasteiger partial charge in [-0.1, -0.05) is 10.8 Å². The van der Waals surface area contributed by atoms with Crippen molar-refractivity contribution in [3.8, 4) is 5.75 Å². The van der Waals surface area contributed by atoms with Crippen LogP contribution >= 0.6 is 34.0 Å². The molecular weight excluding hydrogens is 386 g/mol. The molecule has 25 heavy (non-hydrogen) atoms. The number of amidine groups is 1. The van der Waals surface area contributed by atoms with Gasteiger partial charge in [0.1, 0.15) is 11.8 Å². The fourth-order valence-corrected chi connectivity index (χ4v) is 3.74. The van der Waals surface area contributed by atoms with Gasteiger partial charge in [0.05, 0.1) is 17.5 Å². The molecule has 0 fully saturated rings. The quantitative estimate of drug-likeness (QED) is 0.361. The number of nitrogens with zero attached hydrogens (tertiary/aromatic N) is 1. The minimum atomic E-state index is -1.10. The molecule has 0 aliphatic rings. The van der Waals surface area contributed by atoms with Gasteiger partial charge in [0, 0.05) is 6.92 Å². The first-order valence-corrected chi connectivity index (χ1v) is 9.14. The highest BCUT2D eigenvalue weighted by molar-refractivity contribution is 8.82. The van der Waals surface area contributed by atoms with E-state index in [-0.39, 0.29) is 17.6 Å². The Bertz CT molecular complexity index is 624. The van der Waals surface area contributed by atoms with Crippen molar-refractivity contribution in [2.24, 2.45) is 10.7 Å². The van der Waals surface area contributed by atoms with Crippen molar-refractivity contribution in [3.63, 3.8) is 0 Å². The van der Waals surface area contributed by atoms with Crippen LogP contribution in [0.25, 0.3) is 0 Å². The number of nitrogens with one attached hydrogen (secondary N) is 1. The zero-order chi connectivity index (χ0) is 18.3. The standard InChI is InChI=1S/C15H21N3O4S2.ClH/c1-9(19)17-12(13(20)21)15(2,3)24-23-14(16)18-10-5-7-11(22-4)8-6-10;/h5-8,12H,1-4H3,(H2,16,18)(H,17,19)(H,20,21);1H/t12-;/m1./s1. The molecule has 1 rings (SSSR count). The van der Waals surface area contributed by atoms with Crippen molar-refractivity contribution in [3.05, 3.63) is 24.3 Å². The van der Waals surface area contributed by atoms with Gasteiger partial charge in [0.25, 0.3) is 0 Å². The Hall–Kier alpha value is -1.58. The van der Waals surface area contributed by atoms with E-state index in [1.54, 1.807) is 45.2 Å². The first-order valence-electron chi connectivity index (χ1n) is 6.99. The number of amides is 1. The molecule has 1 atom stereocenters. The van der Waals surface area contributed by atoms with Crippen molar-refractivity contribution in [2.45, 2.75) is 31.6 Å². The summed E-state index contributed by atoms with van der Waals surface area (Å²) in [7, 11) is 3.97. The number of aliphatic carboxylic acids is 1. The molecule has 10 heteroatoms. The predicted octanol–water partition coefficient (Wildman–Crippen LogP) is 2.81. The van der Waals surface area contributed by atoms with E-state index in [2.05, 4.69) is 10.3 Å². The number of benzene rings is 1. The van der Waals surface area contributed by atoms with Crippen molar-refractivity contribution in [1.82, 2.24) is 5.32 Å². The third-order valence-electron chi connectivity index (χ3n) is 2.94. The molecule has 0 bridgehead atoms. The molecule has 0 aromatic heterocycles. The lowest BCUT2D eigenvalue weighted by Crippen LogP contribution is -2.51. The summed E-state index contributed by atoms with van der Waals surface area (Å²) in [6, 6.07) is 6.02. The maximum absolute atomic E-state index is 11.4. The molecule has 140 valence electrons. The molecule has 0 radical (unpaired) electrons. The van der Waals surface area contributed by atoms with Crippen LogP contribution in [-0.4, -0.2) is 40.0 Å². The van der Waals surface area contributed by atoms with Crippen LogP contribution in [0.4, 0.5) is 5.69 Å². The number of carbonyl (C=O) groups excluding carboxylic acids is 1. The highest BCUT2D eigenvalue weighted by Gasteiger charge is 2.37. The second-order valence-corrected chi connectivity index (χ2v) is 8.19. The summed E-state index contributed by atoms with van der Waals surface area (Å²) in [4.78, 5) is 26.8. The number of aliphatic imine (C=N–C) groups is 1. The summed E-state index contributed by atoms with van der Waals surface area (Å²) < 4.78 is 4.28. The molecule has 7 nitrogen and oxygen atoms in total. The topological polar surface area (TPSA) is 114 Å². The van der Waals surface area contributed by atoms with E-state index >= 15 is 0 Å². The van der Waals surface area contributed by atoms with Crippen LogP contribution in [0.15, 0.2) is 29.3 Å². The summed E-state index contributed by atoms with van der Waals surface area (Å²) in [5.74, 6) is -0.787. The average Bonchev–Trinajstić information content (AvgIpc) is 2.51. The number of hydrogen-bond donors (Lipinski definition) is 3. The van der Waals surface area contributed by atoms with Gasteiger partial charge >= 0.3 is 5.97 Å². The van der Waals surface area contributed by atoms with Crippen molar-refractivity contribution >= 4 is 56.7 Å². The molecule has 1 amide bonds. The van der Waals surface area contributed by atoms with E-state index in [1.165, 1.54) is 17.7 Å². The van der Waals surface area contributed by atoms with Gasteiger partial charge in [-0.15, -0.1) is 12.4 Å². The van der Waals surface area contributed by atoms with Crippen molar-refractivity contribution < 1.29 is 19.4 Å². The van der Waals surface area contributed by atoms with Crippen LogP contribution in [0.2, 0.25) is 0 Å². The molecule has 4 N–H and O–H groups in total. The van der Waals surface area contributed by atoms with E-state index in [0.29, 0.717) is 5.69 Å². The Kier molecular flexibility index (Phi) is 9.76. The Morgan fingerprint density at radius 3 is 2.32 bits per heavy atom. The molecule has 0 saturated carbocycles. The maximum Gasteiger partial charge on any atom is 0.327 e. The fraction of sp³-hybridized carbons (Fsp3) is 0.400. The molecule has 0 aliphatic heterocycles. The first-order chi connectivity index (χ1) is 11.2. The summed E-state index contributed by atoms with van der Waals surface area (Å²) >= 11 is 0. The van der Waals surface area contributed by atoms with Gasteiger partial charge in [-0.25, -0.2) is 9.79 Å². The molecular formula is C15H22ClN3O4S2. The Morgan fingerprint density at radius 2 is 1.88 bits per heavy atom. The van der Waals surface area contributed by atoms with Gasteiger partial charge < -0.3 is 20.9 Å². The van der Waals surface area contributed by atoms with Gasteiger partial charge in [-0.2, -0.15) is 0 Å². The highest BCUT2D eigenvalue weighted by Crippen LogP contribution is 2.38. The van der Waals surface area contributed by atoms with E-state index < -0.39 is 22.7 Å². The normalized spacial score (nSPS) is 12.7. The smallest absolute Gasteiger partial charge is 0.327 e. The summed E-state index contributed by atoms with van der Waals surface area (Å²) in [5.41, 5.74) is 6.55. The minimum absolute atomic E-state index is 0. The first kappa shape index (κ1) is 23.4. The van der Waals surface area contributed by atoms with Gasteiger partial charge in [-0.3, -0.25) is 4.79 Å². The third-order valence-corrected chi connectivity index (χ3v) is 6.00. The number of rotatable bonds is 7. The summed E-state index contributed by atoms with van der Waals surface area (Å²) in [5, 5.41) is 12.0. The Labute approximate surface area is 161 Å². The van der Waals surface area contributed by atoms with Gasteiger partial charge in [0.15, 0.2) is 5.17 Å².